The van der Waals surface area contributed by atoms with Gasteiger partial charge in [-0.05, 0) is 92.7 Å². The molecule has 0 aliphatic heterocycles. The van der Waals surface area contributed by atoms with Gasteiger partial charge in [0.05, 0.1) is 19.6 Å². The fourth-order valence-corrected chi connectivity index (χ4v) is 5.54. The molecule has 2 N–H and O–H groups in total. The van der Waals surface area contributed by atoms with E-state index in [-0.39, 0.29) is 11.5 Å². The smallest absolute Gasteiger partial charge is 0.161 e. The highest BCUT2D eigenvalue weighted by Gasteiger charge is 2.47. The van der Waals surface area contributed by atoms with E-state index in [1.165, 1.54) is 0 Å². The molecule has 0 aromatic heterocycles. The fraction of sp³-hybridized carbons (Fsp3) is 0.0968. The largest absolute Gasteiger partial charge is 0.508 e. The summed E-state index contributed by atoms with van der Waals surface area (Å²) in [5.41, 5.74) is 5.65. The third-order valence-electron chi connectivity index (χ3n) is 7.11. The van der Waals surface area contributed by atoms with E-state index in [1.54, 1.807) is 38.5 Å². The van der Waals surface area contributed by atoms with Crippen LogP contribution in [0.3, 0.4) is 0 Å². The van der Waals surface area contributed by atoms with Crippen molar-refractivity contribution in [2.75, 3.05) is 14.2 Å². The number of rotatable bonds is 4. The summed E-state index contributed by atoms with van der Waals surface area (Å²) in [6.45, 7) is 0. The summed E-state index contributed by atoms with van der Waals surface area (Å²) >= 11 is 0. The molecule has 5 aromatic carbocycles. The average molecular weight is 461 g/mol. The van der Waals surface area contributed by atoms with Gasteiger partial charge in [0.1, 0.15) is 11.5 Å². The van der Waals surface area contributed by atoms with Gasteiger partial charge < -0.3 is 19.7 Å². The van der Waals surface area contributed by atoms with E-state index in [0.717, 1.165) is 44.2 Å². The number of ether oxygens (including phenoxy) is 2. The van der Waals surface area contributed by atoms with Gasteiger partial charge in [0.25, 0.3) is 0 Å². The van der Waals surface area contributed by atoms with E-state index in [2.05, 4.69) is 30.3 Å². The summed E-state index contributed by atoms with van der Waals surface area (Å²) in [6, 6.07) is 31.7. The topological polar surface area (TPSA) is 58.9 Å². The lowest BCUT2D eigenvalue weighted by atomic mass is 9.67. The molecule has 0 spiro atoms. The first kappa shape index (κ1) is 21.1. The predicted octanol–water partition coefficient (Wildman–Crippen LogP) is 6.63. The Hall–Kier alpha value is -4.44. The lowest BCUT2D eigenvalue weighted by molar-refractivity contribution is 0.354. The summed E-state index contributed by atoms with van der Waals surface area (Å²) in [4.78, 5) is 0. The molecule has 4 nitrogen and oxygen atoms in total. The Bertz CT molecular complexity index is 1520. The first-order valence-electron chi connectivity index (χ1n) is 11.5. The minimum atomic E-state index is -0.699. The lowest BCUT2D eigenvalue weighted by Crippen LogP contribution is -2.28. The molecule has 172 valence electrons. The van der Waals surface area contributed by atoms with Crippen molar-refractivity contribution in [2.45, 2.75) is 5.41 Å². The van der Waals surface area contributed by atoms with E-state index in [0.29, 0.717) is 11.5 Å². The number of hydrogen-bond donors (Lipinski definition) is 2. The second kappa shape index (κ2) is 7.81. The molecular weight excluding hydrogens is 436 g/mol. The van der Waals surface area contributed by atoms with E-state index in [1.807, 2.05) is 42.5 Å². The van der Waals surface area contributed by atoms with Crippen LogP contribution in [0.15, 0.2) is 97.1 Å². The van der Waals surface area contributed by atoms with E-state index in [4.69, 9.17) is 9.47 Å². The summed E-state index contributed by atoms with van der Waals surface area (Å²) in [5.74, 6) is 1.72. The van der Waals surface area contributed by atoms with Crippen molar-refractivity contribution in [3.8, 4) is 34.1 Å². The van der Waals surface area contributed by atoms with Gasteiger partial charge in [-0.15, -0.1) is 0 Å². The van der Waals surface area contributed by atoms with E-state index in [9.17, 15) is 10.2 Å². The maximum Gasteiger partial charge on any atom is 0.161 e. The molecule has 1 aliphatic rings. The first-order chi connectivity index (χ1) is 17.1. The standard InChI is InChI=1S/C31H24O4/c1-34-29-17-26-25-15-19-5-3-4-6-20(19)16-27(25)31(28(26)18-30(29)35-2,21-7-11-23(32)12-8-21)22-9-13-24(33)14-10-22/h3-18,32-33H,1-2H3. The van der Waals surface area contributed by atoms with Gasteiger partial charge in [-0.1, -0.05) is 48.5 Å². The van der Waals surface area contributed by atoms with Crippen LogP contribution < -0.4 is 9.47 Å². The first-order valence-corrected chi connectivity index (χ1v) is 11.5. The zero-order valence-electron chi connectivity index (χ0n) is 19.4. The Balaban J connectivity index is 1.82. The highest BCUT2D eigenvalue weighted by atomic mass is 16.5. The van der Waals surface area contributed by atoms with Crippen molar-refractivity contribution in [3.05, 3.63) is 119 Å². The summed E-state index contributed by atoms with van der Waals surface area (Å²) in [5, 5.41) is 22.5. The minimum absolute atomic E-state index is 0.207. The Labute approximate surface area is 203 Å². The van der Waals surface area contributed by atoms with Gasteiger partial charge in [-0.25, -0.2) is 0 Å². The second-order valence-corrected chi connectivity index (χ2v) is 8.84. The van der Waals surface area contributed by atoms with Crippen molar-refractivity contribution in [2.24, 2.45) is 0 Å². The summed E-state index contributed by atoms with van der Waals surface area (Å²) in [6.07, 6.45) is 0. The Morgan fingerprint density at radius 3 is 1.54 bits per heavy atom. The SMILES string of the molecule is COc1cc2c(cc1OC)C(c1ccc(O)cc1)(c1ccc(O)cc1)c1cc3ccccc3cc1-2. The summed E-state index contributed by atoms with van der Waals surface area (Å²) < 4.78 is 11.4. The molecule has 35 heavy (non-hydrogen) atoms. The number of benzene rings is 5. The van der Waals surface area contributed by atoms with Gasteiger partial charge in [0.15, 0.2) is 11.5 Å². The molecule has 6 rings (SSSR count). The van der Waals surface area contributed by atoms with Crippen molar-refractivity contribution in [1.82, 2.24) is 0 Å². The van der Waals surface area contributed by atoms with E-state index >= 15 is 0 Å². The lowest BCUT2D eigenvalue weighted by Gasteiger charge is -2.34. The molecule has 0 radical (unpaired) electrons. The van der Waals surface area contributed by atoms with Crippen molar-refractivity contribution >= 4 is 10.8 Å². The third-order valence-corrected chi connectivity index (χ3v) is 7.11. The van der Waals surface area contributed by atoms with Gasteiger partial charge in [-0.2, -0.15) is 0 Å². The normalized spacial score (nSPS) is 13.3. The zero-order valence-corrected chi connectivity index (χ0v) is 19.4. The highest BCUT2D eigenvalue weighted by molar-refractivity contribution is 5.96. The number of hydrogen-bond acceptors (Lipinski definition) is 4. The summed E-state index contributed by atoms with van der Waals surface area (Å²) in [7, 11) is 3.29. The Morgan fingerprint density at radius 2 is 1.00 bits per heavy atom. The van der Waals surface area contributed by atoms with Crippen molar-refractivity contribution < 1.29 is 19.7 Å². The molecule has 0 unspecified atom stereocenters. The maximum atomic E-state index is 10.1. The molecule has 1 aliphatic carbocycles. The molecular formula is C31H24O4. The van der Waals surface area contributed by atoms with Gasteiger partial charge in [0, 0.05) is 0 Å². The maximum absolute atomic E-state index is 10.1. The van der Waals surface area contributed by atoms with Crippen LogP contribution in [0, 0.1) is 0 Å². The molecule has 0 saturated carbocycles. The van der Waals surface area contributed by atoms with Gasteiger partial charge >= 0.3 is 0 Å². The van der Waals surface area contributed by atoms with E-state index < -0.39 is 5.41 Å². The molecule has 0 fully saturated rings. The number of aromatic hydroxyl groups is 2. The van der Waals surface area contributed by atoms with Crippen LogP contribution in [0.2, 0.25) is 0 Å². The Morgan fingerprint density at radius 1 is 0.543 bits per heavy atom. The van der Waals surface area contributed by atoms with Crippen LogP contribution >= 0.6 is 0 Å². The number of methoxy groups -OCH3 is 2. The van der Waals surface area contributed by atoms with Gasteiger partial charge in [-0.3, -0.25) is 0 Å². The molecule has 4 heteroatoms. The predicted molar refractivity (Wildman–Crippen MR) is 138 cm³/mol. The zero-order chi connectivity index (χ0) is 24.2. The van der Waals surface area contributed by atoms with Crippen molar-refractivity contribution in [1.29, 1.82) is 0 Å². The van der Waals surface area contributed by atoms with Crippen LogP contribution in [0.4, 0.5) is 0 Å². The average Bonchev–Trinajstić information content (AvgIpc) is 3.16. The molecule has 0 atom stereocenters. The molecule has 0 saturated heterocycles. The molecule has 0 amide bonds. The van der Waals surface area contributed by atoms with Gasteiger partial charge in [0.2, 0.25) is 0 Å². The molecule has 0 heterocycles. The Kier molecular flexibility index (Phi) is 4.71. The minimum Gasteiger partial charge on any atom is -0.508 e. The van der Waals surface area contributed by atoms with Crippen LogP contribution in [0.25, 0.3) is 21.9 Å². The second-order valence-electron chi connectivity index (χ2n) is 8.84. The monoisotopic (exact) mass is 460 g/mol. The van der Waals surface area contributed by atoms with Crippen LogP contribution in [0.5, 0.6) is 23.0 Å². The number of fused-ring (bicyclic) bond motifs is 4. The number of phenolic OH excluding ortho intramolecular Hbond substituents is 2. The van der Waals surface area contributed by atoms with Crippen LogP contribution in [0.1, 0.15) is 22.3 Å². The van der Waals surface area contributed by atoms with Crippen molar-refractivity contribution in [3.63, 3.8) is 0 Å². The quantitative estimate of drug-likeness (QED) is 0.310. The van der Waals surface area contributed by atoms with Crippen LogP contribution in [-0.4, -0.2) is 24.4 Å². The fourth-order valence-electron chi connectivity index (χ4n) is 5.54. The van der Waals surface area contributed by atoms with Crippen LogP contribution in [-0.2, 0) is 5.41 Å². The molecule has 5 aromatic rings. The number of phenols is 2. The highest BCUT2D eigenvalue weighted by Crippen LogP contribution is 2.59. The molecule has 0 bridgehead atoms. The third kappa shape index (κ3) is 3.00.